The van der Waals surface area contributed by atoms with Gasteiger partial charge in [0.05, 0.1) is 0 Å². The molecule has 0 aliphatic carbocycles. The number of rotatable bonds is 4. The quantitative estimate of drug-likeness (QED) is 0.720. The average molecular weight is 264 g/mol. The first-order valence-corrected chi connectivity index (χ1v) is 7.08. The molecule has 2 rings (SSSR count). The van der Waals surface area contributed by atoms with Crippen molar-refractivity contribution in [3.63, 3.8) is 0 Å². The molecule has 2 aliphatic rings. The number of piperazine rings is 1. The lowest BCUT2D eigenvalue weighted by atomic mass is 9.99. The SMILES string of the molecule is FC(F)(F)CCCCN1CCN2CCCCC2C1. The lowest BCUT2D eigenvalue weighted by Gasteiger charge is -2.44. The molecule has 106 valence electrons. The summed E-state index contributed by atoms with van der Waals surface area (Å²) in [5, 5.41) is 0. The summed E-state index contributed by atoms with van der Waals surface area (Å²) in [7, 11) is 0. The summed E-state index contributed by atoms with van der Waals surface area (Å²) in [5.74, 6) is 0. The van der Waals surface area contributed by atoms with Crippen molar-refractivity contribution in [2.24, 2.45) is 0 Å². The van der Waals surface area contributed by atoms with E-state index in [2.05, 4.69) is 9.80 Å². The lowest BCUT2D eigenvalue weighted by molar-refractivity contribution is -0.135. The molecular formula is C13H23F3N2. The van der Waals surface area contributed by atoms with Gasteiger partial charge in [0.25, 0.3) is 0 Å². The summed E-state index contributed by atoms with van der Waals surface area (Å²) in [4.78, 5) is 4.90. The van der Waals surface area contributed by atoms with Crippen molar-refractivity contribution in [3.05, 3.63) is 0 Å². The molecule has 5 heteroatoms. The minimum Gasteiger partial charge on any atom is -0.301 e. The van der Waals surface area contributed by atoms with Gasteiger partial charge >= 0.3 is 6.18 Å². The molecular weight excluding hydrogens is 241 g/mol. The maximum atomic E-state index is 12.0. The van der Waals surface area contributed by atoms with Crippen molar-refractivity contribution in [1.29, 1.82) is 0 Å². The van der Waals surface area contributed by atoms with Crippen molar-refractivity contribution >= 4 is 0 Å². The Morgan fingerprint density at radius 2 is 1.83 bits per heavy atom. The van der Waals surface area contributed by atoms with Gasteiger partial charge in [0.1, 0.15) is 0 Å². The van der Waals surface area contributed by atoms with E-state index >= 15 is 0 Å². The Hall–Kier alpha value is -0.290. The smallest absolute Gasteiger partial charge is 0.301 e. The number of unbranched alkanes of at least 4 members (excludes halogenated alkanes) is 1. The molecule has 0 aromatic heterocycles. The van der Waals surface area contributed by atoms with E-state index < -0.39 is 12.6 Å². The monoisotopic (exact) mass is 264 g/mol. The predicted octanol–water partition coefficient (Wildman–Crippen LogP) is 2.89. The summed E-state index contributed by atoms with van der Waals surface area (Å²) >= 11 is 0. The fourth-order valence-corrected chi connectivity index (χ4v) is 3.08. The van der Waals surface area contributed by atoms with Crippen LogP contribution in [-0.2, 0) is 0 Å². The minimum atomic E-state index is -3.98. The third-order valence-corrected chi connectivity index (χ3v) is 4.11. The van der Waals surface area contributed by atoms with Gasteiger partial charge in [-0.25, -0.2) is 0 Å². The van der Waals surface area contributed by atoms with Crippen LogP contribution in [0.15, 0.2) is 0 Å². The lowest BCUT2D eigenvalue weighted by Crippen LogP contribution is -2.54. The minimum absolute atomic E-state index is 0.272. The number of hydrogen-bond acceptors (Lipinski definition) is 2. The fourth-order valence-electron chi connectivity index (χ4n) is 3.08. The molecule has 0 saturated carbocycles. The summed E-state index contributed by atoms with van der Waals surface area (Å²) in [5.41, 5.74) is 0. The highest BCUT2D eigenvalue weighted by Gasteiger charge is 2.29. The van der Waals surface area contributed by atoms with E-state index in [1.54, 1.807) is 0 Å². The average Bonchev–Trinajstić information content (AvgIpc) is 2.33. The molecule has 0 amide bonds. The van der Waals surface area contributed by atoms with Crippen molar-refractivity contribution in [1.82, 2.24) is 9.80 Å². The largest absolute Gasteiger partial charge is 0.389 e. The van der Waals surface area contributed by atoms with Gasteiger partial charge in [-0.1, -0.05) is 6.42 Å². The van der Waals surface area contributed by atoms with Crippen molar-refractivity contribution in [2.75, 3.05) is 32.7 Å². The van der Waals surface area contributed by atoms with Crippen LogP contribution in [0.4, 0.5) is 13.2 Å². The van der Waals surface area contributed by atoms with Crippen LogP contribution in [0, 0.1) is 0 Å². The molecule has 18 heavy (non-hydrogen) atoms. The van der Waals surface area contributed by atoms with Crippen LogP contribution in [0.1, 0.15) is 38.5 Å². The van der Waals surface area contributed by atoms with Crippen LogP contribution in [-0.4, -0.2) is 54.7 Å². The van der Waals surface area contributed by atoms with Crippen LogP contribution in [0.3, 0.4) is 0 Å². The van der Waals surface area contributed by atoms with Gasteiger partial charge in [-0.05, 0) is 38.8 Å². The van der Waals surface area contributed by atoms with E-state index in [4.69, 9.17) is 0 Å². The summed E-state index contributed by atoms with van der Waals surface area (Å²) in [6.45, 7) is 5.24. The highest BCUT2D eigenvalue weighted by molar-refractivity contribution is 4.84. The molecule has 1 atom stereocenters. The topological polar surface area (TPSA) is 6.48 Å². The third-order valence-electron chi connectivity index (χ3n) is 4.11. The van der Waals surface area contributed by atoms with E-state index in [-0.39, 0.29) is 6.42 Å². The number of alkyl halides is 3. The summed E-state index contributed by atoms with van der Waals surface area (Å²) in [6, 6.07) is 0.662. The van der Waals surface area contributed by atoms with Crippen molar-refractivity contribution in [3.8, 4) is 0 Å². The first-order valence-electron chi connectivity index (χ1n) is 7.08. The molecule has 0 aromatic carbocycles. The standard InChI is InChI=1S/C13H23F3N2/c14-13(15,16)6-2-4-7-17-9-10-18-8-3-1-5-12(18)11-17/h12H,1-11H2. The molecule has 1 unspecified atom stereocenters. The van der Waals surface area contributed by atoms with Gasteiger partial charge in [-0.2, -0.15) is 13.2 Å². The zero-order chi connectivity index (χ0) is 13.0. The Balaban J connectivity index is 1.62. The Morgan fingerprint density at radius 3 is 2.61 bits per heavy atom. The number of hydrogen-bond donors (Lipinski definition) is 0. The second kappa shape index (κ2) is 6.24. The van der Waals surface area contributed by atoms with Gasteiger partial charge in [0.15, 0.2) is 0 Å². The summed E-state index contributed by atoms with van der Waals surface area (Å²) in [6.07, 6.45) is 0.212. The molecule has 2 nitrogen and oxygen atoms in total. The first-order chi connectivity index (χ1) is 8.54. The maximum absolute atomic E-state index is 12.0. The van der Waals surface area contributed by atoms with E-state index in [1.807, 2.05) is 0 Å². The Kier molecular flexibility index (Phi) is 4.90. The normalized spacial score (nSPS) is 27.2. The van der Waals surface area contributed by atoms with Gasteiger partial charge < -0.3 is 4.90 Å². The van der Waals surface area contributed by atoms with E-state index in [9.17, 15) is 13.2 Å². The van der Waals surface area contributed by atoms with Gasteiger partial charge in [0, 0.05) is 32.1 Å². The Bertz CT molecular complexity index is 255. The predicted molar refractivity (Wildman–Crippen MR) is 65.6 cm³/mol. The molecule has 2 fully saturated rings. The van der Waals surface area contributed by atoms with E-state index in [1.165, 1.54) is 25.8 Å². The number of nitrogens with zero attached hydrogens (tertiary/aromatic N) is 2. The van der Waals surface area contributed by atoms with Gasteiger partial charge in [-0.15, -0.1) is 0 Å². The highest BCUT2D eigenvalue weighted by atomic mass is 19.4. The molecule has 2 aliphatic heterocycles. The van der Waals surface area contributed by atoms with Gasteiger partial charge in [0.2, 0.25) is 0 Å². The third kappa shape index (κ3) is 4.43. The second-order valence-electron chi connectivity index (χ2n) is 5.56. The molecule has 0 radical (unpaired) electrons. The van der Waals surface area contributed by atoms with Crippen LogP contribution in [0.25, 0.3) is 0 Å². The summed E-state index contributed by atoms with van der Waals surface area (Å²) < 4.78 is 36.1. The Morgan fingerprint density at radius 1 is 1.00 bits per heavy atom. The molecule has 0 spiro atoms. The Labute approximate surface area is 107 Å². The maximum Gasteiger partial charge on any atom is 0.389 e. The number of fused-ring (bicyclic) bond motifs is 1. The van der Waals surface area contributed by atoms with Crippen LogP contribution in [0.5, 0.6) is 0 Å². The van der Waals surface area contributed by atoms with Crippen molar-refractivity contribution < 1.29 is 13.2 Å². The highest BCUT2D eigenvalue weighted by Crippen LogP contribution is 2.23. The zero-order valence-electron chi connectivity index (χ0n) is 10.9. The van der Waals surface area contributed by atoms with Gasteiger partial charge in [-0.3, -0.25) is 4.90 Å². The van der Waals surface area contributed by atoms with Crippen LogP contribution < -0.4 is 0 Å². The molecule has 2 saturated heterocycles. The molecule has 0 N–H and O–H groups in total. The molecule has 2 heterocycles. The number of halogens is 3. The molecule has 0 bridgehead atoms. The van der Waals surface area contributed by atoms with Crippen LogP contribution >= 0.6 is 0 Å². The fraction of sp³-hybridized carbons (Fsp3) is 1.00. The van der Waals surface area contributed by atoms with Crippen molar-refractivity contribution in [2.45, 2.75) is 50.7 Å². The van der Waals surface area contributed by atoms with E-state index in [0.717, 1.165) is 26.2 Å². The van der Waals surface area contributed by atoms with E-state index in [0.29, 0.717) is 12.5 Å². The second-order valence-corrected chi connectivity index (χ2v) is 5.56. The first kappa shape index (κ1) is 14.1. The van der Waals surface area contributed by atoms with Crippen LogP contribution in [0.2, 0.25) is 0 Å². The molecule has 0 aromatic rings. The zero-order valence-corrected chi connectivity index (χ0v) is 10.9. The number of piperidine rings is 1.